The molecule has 2 aromatic carbocycles. The zero-order valence-corrected chi connectivity index (χ0v) is 14.6. The zero-order chi connectivity index (χ0) is 17.5. The van der Waals surface area contributed by atoms with E-state index in [1.165, 1.54) is 0 Å². The van der Waals surface area contributed by atoms with Crippen LogP contribution in [0.4, 0.5) is 4.79 Å². The van der Waals surface area contributed by atoms with Crippen LogP contribution in [0, 0.1) is 0 Å². The van der Waals surface area contributed by atoms with E-state index in [2.05, 4.69) is 29.4 Å². The highest BCUT2D eigenvalue weighted by Crippen LogP contribution is 2.19. The molecule has 130 valence electrons. The highest BCUT2D eigenvalue weighted by atomic mass is 16.3. The van der Waals surface area contributed by atoms with E-state index in [1.54, 1.807) is 0 Å². The van der Waals surface area contributed by atoms with Crippen molar-refractivity contribution in [1.29, 1.82) is 0 Å². The average molecular weight is 329 g/mol. The maximum Gasteiger partial charge on any atom is 0.314 e. The first kappa shape index (κ1) is 18.2. The Morgan fingerprint density at radius 3 is 2.54 bits per heavy atom. The highest BCUT2D eigenvalue weighted by molar-refractivity contribution is 5.83. The van der Waals surface area contributed by atoms with Crippen molar-refractivity contribution in [1.82, 2.24) is 15.5 Å². The van der Waals surface area contributed by atoms with Crippen LogP contribution in [0.2, 0.25) is 0 Å². The van der Waals surface area contributed by atoms with Crippen LogP contribution in [-0.2, 0) is 0 Å². The summed E-state index contributed by atoms with van der Waals surface area (Å²) in [5, 5.41) is 18.0. The Labute approximate surface area is 143 Å². The molecule has 1 unspecified atom stereocenters. The summed E-state index contributed by atoms with van der Waals surface area (Å²) >= 11 is 0. The van der Waals surface area contributed by atoms with Crippen molar-refractivity contribution in [2.45, 2.75) is 26.0 Å². The summed E-state index contributed by atoms with van der Waals surface area (Å²) in [5.74, 6) is 0. The van der Waals surface area contributed by atoms with Gasteiger partial charge in [0.2, 0.25) is 0 Å². The monoisotopic (exact) mass is 329 g/mol. The zero-order valence-electron chi connectivity index (χ0n) is 14.6. The Morgan fingerprint density at radius 1 is 1.12 bits per heavy atom. The number of nitrogens with one attached hydrogen (secondary N) is 2. The lowest BCUT2D eigenvalue weighted by atomic mass is 10.0. The summed E-state index contributed by atoms with van der Waals surface area (Å²) in [6.45, 7) is 5.77. The average Bonchev–Trinajstić information content (AvgIpc) is 2.59. The lowest BCUT2D eigenvalue weighted by Gasteiger charge is -2.21. The van der Waals surface area contributed by atoms with Crippen LogP contribution < -0.4 is 10.6 Å². The number of hydrogen-bond acceptors (Lipinski definition) is 3. The second-order valence-electron chi connectivity index (χ2n) is 6.33. The molecule has 5 heteroatoms. The highest BCUT2D eigenvalue weighted by Gasteiger charge is 2.10. The smallest absolute Gasteiger partial charge is 0.314 e. The number of carbonyl (C=O) groups excluding carboxylic acids is 1. The van der Waals surface area contributed by atoms with E-state index >= 15 is 0 Å². The number of hydrogen-bond donors (Lipinski definition) is 3. The van der Waals surface area contributed by atoms with Crippen LogP contribution in [0.25, 0.3) is 10.8 Å². The summed E-state index contributed by atoms with van der Waals surface area (Å²) in [5.41, 5.74) is 0.800. The fourth-order valence-electron chi connectivity index (χ4n) is 2.39. The quantitative estimate of drug-likeness (QED) is 0.731. The predicted molar refractivity (Wildman–Crippen MR) is 98.1 cm³/mol. The van der Waals surface area contributed by atoms with Gasteiger partial charge in [-0.15, -0.1) is 0 Å². The van der Waals surface area contributed by atoms with Crippen LogP contribution in [0.1, 0.15) is 25.5 Å². The van der Waals surface area contributed by atoms with Crippen molar-refractivity contribution in [3.05, 3.63) is 48.0 Å². The molecule has 1 atom stereocenters. The first-order valence-electron chi connectivity index (χ1n) is 8.36. The topological polar surface area (TPSA) is 64.6 Å². The van der Waals surface area contributed by atoms with Crippen molar-refractivity contribution >= 4 is 16.8 Å². The third kappa shape index (κ3) is 5.22. The van der Waals surface area contributed by atoms with Gasteiger partial charge in [-0.05, 0) is 43.3 Å². The van der Waals surface area contributed by atoms with Gasteiger partial charge in [0.25, 0.3) is 0 Å². The molecule has 0 aromatic heterocycles. The number of aliphatic hydroxyl groups is 1. The van der Waals surface area contributed by atoms with Crippen molar-refractivity contribution in [2.24, 2.45) is 0 Å². The Balaban J connectivity index is 1.79. The molecule has 2 amide bonds. The van der Waals surface area contributed by atoms with Crippen LogP contribution >= 0.6 is 0 Å². The van der Waals surface area contributed by atoms with E-state index in [1.807, 2.05) is 49.5 Å². The minimum atomic E-state index is -0.723. The molecule has 0 fully saturated rings. The van der Waals surface area contributed by atoms with Gasteiger partial charge < -0.3 is 20.6 Å². The molecule has 0 bridgehead atoms. The second kappa shape index (κ2) is 8.66. The molecular formula is C19H27N3O2. The van der Waals surface area contributed by atoms with E-state index in [0.29, 0.717) is 12.6 Å². The van der Waals surface area contributed by atoms with Gasteiger partial charge in [0.05, 0.1) is 6.10 Å². The Kier molecular flexibility index (Phi) is 6.58. The Morgan fingerprint density at radius 2 is 1.83 bits per heavy atom. The summed E-state index contributed by atoms with van der Waals surface area (Å²) in [7, 11) is 2.02. The van der Waals surface area contributed by atoms with Crippen molar-refractivity contribution in [3.63, 3.8) is 0 Å². The van der Waals surface area contributed by atoms with Crippen molar-refractivity contribution < 1.29 is 9.90 Å². The van der Waals surface area contributed by atoms with E-state index in [9.17, 15) is 9.90 Å². The first-order chi connectivity index (χ1) is 11.5. The van der Waals surface area contributed by atoms with E-state index in [4.69, 9.17) is 0 Å². The normalized spacial score (nSPS) is 12.6. The maximum atomic E-state index is 11.8. The molecule has 5 nitrogen and oxygen atoms in total. The number of rotatable bonds is 7. The van der Waals surface area contributed by atoms with E-state index in [-0.39, 0.29) is 12.6 Å². The van der Waals surface area contributed by atoms with Crippen molar-refractivity contribution in [3.8, 4) is 0 Å². The molecule has 0 spiro atoms. The number of fused-ring (bicyclic) bond motifs is 1. The third-order valence-electron chi connectivity index (χ3n) is 4.25. The number of aliphatic hydroxyl groups excluding tert-OH is 1. The number of benzene rings is 2. The lowest BCUT2D eigenvalue weighted by Crippen LogP contribution is -2.42. The molecule has 0 aliphatic heterocycles. The standard InChI is InChI=1S/C19H27N3O2/c1-14(2)22(3)11-10-20-19(24)21-13-18(23)17-9-8-15-6-4-5-7-16(15)12-17/h4-9,12,14,18,23H,10-11,13H2,1-3H3,(H2,20,21,24). The molecule has 0 radical (unpaired) electrons. The van der Waals surface area contributed by atoms with E-state index < -0.39 is 6.10 Å². The molecule has 2 aromatic rings. The largest absolute Gasteiger partial charge is 0.387 e. The van der Waals surface area contributed by atoms with Crippen LogP contribution in [-0.4, -0.2) is 48.8 Å². The van der Waals surface area contributed by atoms with Crippen molar-refractivity contribution in [2.75, 3.05) is 26.7 Å². The fourth-order valence-corrected chi connectivity index (χ4v) is 2.39. The molecular weight excluding hydrogens is 302 g/mol. The van der Waals surface area contributed by atoms with Gasteiger partial charge in [0.1, 0.15) is 0 Å². The maximum absolute atomic E-state index is 11.8. The minimum Gasteiger partial charge on any atom is -0.387 e. The molecule has 0 aliphatic rings. The van der Waals surface area contributed by atoms with Crippen LogP contribution in [0.5, 0.6) is 0 Å². The summed E-state index contributed by atoms with van der Waals surface area (Å²) < 4.78 is 0. The molecule has 0 saturated carbocycles. The van der Waals surface area contributed by atoms with Crippen LogP contribution in [0.15, 0.2) is 42.5 Å². The van der Waals surface area contributed by atoms with Gasteiger partial charge in [0, 0.05) is 25.7 Å². The second-order valence-corrected chi connectivity index (χ2v) is 6.33. The molecule has 24 heavy (non-hydrogen) atoms. The molecule has 0 aliphatic carbocycles. The Bertz CT molecular complexity index is 672. The number of nitrogens with zero attached hydrogens (tertiary/aromatic N) is 1. The number of urea groups is 1. The van der Waals surface area contributed by atoms with Gasteiger partial charge >= 0.3 is 6.03 Å². The number of carbonyl (C=O) groups is 1. The Hall–Kier alpha value is -2.11. The summed E-state index contributed by atoms with van der Waals surface area (Å²) in [6, 6.07) is 14.0. The van der Waals surface area contributed by atoms with Gasteiger partial charge in [-0.1, -0.05) is 36.4 Å². The SMILES string of the molecule is CC(C)N(C)CCNC(=O)NCC(O)c1ccc2ccccc2c1. The third-order valence-corrected chi connectivity index (χ3v) is 4.25. The predicted octanol–water partition coefficient (Wildman–Crippen LogP) is 2.51. The lowest BCUT2D eigenvalue weighted by molar-refractivity contribution is 0.173. The minimum absolute atomic E-state index is 0.185. The number of likely N-dealkylation sites (N-methyl/N-ethyl adjacent to an activating group) is 1. The number of amides is 2. The van der Waals surface area contributed by atoms with Crippen LogP contribution in [0.3, 0.4) is 0 Å². The molecule has 0 heterocycles. The van der Waals surface area contributed by atoms with Gasteiger partial charge in [-0.2, -0.15) is 0 Å². The fraction of sp³-hybridized carbons (Fsp3) is 0.421. The van der Waals surface area contributed by atoms with Gasteiger partial charge in [0.15, 0.2) is 0 Å². The summed E-state index contributed by atoms with van der Waals surface area (Å²) in [4.78, 5) is 13.9. The molecule has 3 N–H and O–H groups in total. The summed E-state index contributed by atoms with van der Waals surface area (Å²) in [6.07, 6.45) is -0.723. The van der Waals surface area contributed by atoms with Gasteiger partial charge in [-0.3, -0.25) is 0 Å². The van der Waals surface area contributed by atoms with Gasteiger partial charge in [-0.25, -0.2) is 4.79 Å². The van der Waals surface area contributed by atoms with E-state index in [0.717, 1.165) is 22.9 Å². The molecule has 0 saturated heterocycles. The molecule has 2 rings (SSSR count). The first-order valence-corrected chi connectivity index (χ1v) is 8.36.